The average molecular weight is 261 g/mol. The van der Waals surface area contributed by atoms with Gasteiger partial charge < -0.3 is 5.32 Å². The zero-order valence-corrected chi connectivity index (χ0v) is 11.9. The quantitative estimate of drug-likeness (QED) is 0.378. The van der Waals surface area contributed by atoms with Gasteiger partial charge in [0.2, 0.25) is 0 Å². The minimum absolute atomic E-state index is 0.494. The molecule has 0 atom stereocenters. The Kier molecular flexibility index (Phi) is 5.52. The van der Waals surface area contributed by atoms with Gasteiger partial charge in [-0.1, -0.05) is 23.8 Å². The van der Waals surface area contributed by atoms with Gasteiger partial charge in [0.05, 0.1) is 6.21 Å². The van der Waals surface area contributed by atoms with E-state index in [2.05, 4.69) is 55.3 Å². The Bertz CT molecular complexity index is 455. The summed E-state index contributed by atoms with van der Waals surface area (Å²) < 4.78 is 0. The van der Waals surface area contributed by atoms with E-state index >= 15 is 0 Å². The molecule has 4 heteroatoms. The van der Waals surface area contributed by atoms with Crippen molar-refractivity contribution in [1.82, 2.24) is 10.7 Å². The Morgan fingerprint density at radius 2 is 1.94 bits per heavy atom. The van der Waals surface area contributed by atoms with Crippen LogP contribution in [0.5, 0.6) is 0 Å². The zero-order chi connectivity index (χ0) is 13.5. The number of aryl methyl sites for hydroxylation is 3. The van der Waals surface area contributed by atoms with Gasteiger partial charge in [-0.15, -0.1) is 6.58 Å². The second-order valence-corrected chi connectivity index (χ2v) is 4.59. The number of rotatable bonds is 4. The Hall–Kier alpha value is -1.68. The summed E-state index contributed by atoms with van der Waals surface area (Å²) in [5.74, 6) is 0. The summed E-state index contributed by atoms with van der Waals surface area (Å²) in [5.41, 5.74) is 7.59. The van der Waals surface area contributed by atoms with Crippen LogP contribution in [0.25, 0.3) is 0 Å². The Balaban J connectivity index is 2.67. The smallest absolute Gasteiger partial charge is 0.187 e. The molecule has 0 amide bonds. The Morgan fingerprint density at radius 3 is 2.50 bits per heavy atom. The van der Waals surface area contributed by atoms with Gasteiger partial charge >= 0.3 is 0 Å². The Labute approximate surface area is 114 Å². The highest BCUT2D eigenvalue weighted by Gasteiger charge is 2.00. The van der Waals surface area contributed by atoms with E-state index in [-0.39, 0.29) is 0 Å². The van der Waals surface area contributed by atoms with Gasteiger partial charge in [0.1, 0.15) is 0 Å². The van der Waals surface area contributed by atoms with Crippen LogP contribution in [-0.4, -0.2) is 17.9 Å². The Morgan fingerprint density at radius 1 is 1.33 bits per heavy atom. The van der Waals surface area contributed by atoms with E-state index in [1.165, 1.54) is 16.7 Å². The van der Waals surface area contributed by atoms with Crippen molar-refractivity contribution in [2.45, 2.75) is 20.8 Å². The number of nitrogens with one attached hydrogen (secondary N) is 2. The summed E-state index contributed by atoms with van der Waals surface area (Å²) in [4.78, 5) is 0. The molecule has 2 N–H and O–H groups in total. The van der Waals surface area contributed by atoms with Gasteiger partial charge in [0.15, 0.2) is 5.11 Å². The molecule has 0 aliphatic carbocycles. The summed E-state index contributed by atoms with van der Waals surface area (Å²) in [6.45, 7) is 10.5. The van der Waals surface area contributed by atoms with E-state index in [1.54, 1.807) is 12.3 Å². The first-order valence-corrected chi connectivity index (χ1v) is 6.21. The van der Waals surface area contributed by atoms with Gasteiger partial charge in [-0.3, -0.25) is 5.43 Å². The van der Waals surface area contributed by atoms with Gasteiger partial charge in [-0.25, -0.2) is 0 Å². The lowest BCUT2D eigenvalue weighted by Crippen LogP contribution is -2.31. The second-order valence-electron chi connectivity index (χ2n) is 4.18. The molecule has 0 bridgehead atoms. The van der Waals surface area contributed by atoms with Crippen molar-refractivity contribution in [2.24, 2.45) is 5.10 Å². The van der Waals surface area contributed by atoms with Crippen LogP contribution in [0.4, 0.5) is 0 Å². The molecule has 0 saturated carbocycles. The molecule has 0 heterocycles. The summed E-state index contributed by atoms with van der Waals surface area (Å²) in [7, 11) is 0. The van der Waals surface area contributed by atoms with Crippen LogP contribution in [0, 0.1) is 20.8 Å². The van der Waals surface area contributed by atoms with Crippen molar-refractivity contribution in [2.75, 3.05) is 6.54 Å². The molecule has 0 aromatic heterocycles. The van der Waals surface area contributed by atoms with E-state index in [0.29, 0.717) is 11.7 Å². The van der Waals surface area contributed by atoms with Crippen LogP contribution in [0.3, 0.4) is 0 Å². The fourth-order valence-corrected chi connectivity index (χ4v) is 1.89. The van der Waals surface area contributed by atoms with Crippen LogP contribution in [0.1, 0.15) is 22.3 Å². The molecular formula is C14H19N3S. The monoisotopic (exact) mass is 261 g/mol. The first kappa shape index (κ1) is 14.4. The third-order valence-corrected chi connectivity index (χ3v) is 2.74. The molecule has 3 nitrogen and oxygen atoms in total. The number of hydrogen-bond donors (Lipinski definition) is 2. The molecule has 0 radical (unpaired) electrons. The zero-order valence-electron chi connectivity index (χ0n) is 11.1. The highest BCUT2D eigenvalue weighted by Crippen LogP contribution is 2.13. The summed E-state index contributed by atoms with van der Waals surface area (Å²) in [6.07, 6.45) is 3.54. The van der Waals surface area contributed by atoms with Crippen molar-refractivity contribution in [3.05, 3.63) is 47.0 Å². The van der Waals surface area contributed by atoms with Gasteiger partial charge in [0.25, 0.3) is 0 Å². The lowest BCUT2D eigenvalue weighted by atomic mass is 10.0. The number of nitrogens with zero attached hydrogens (tertiary/aromatic N) is 1. The number of hydrazone groups is 1. The maximum atomic E-state index is 5.04. The van der Waals surface area contributed by atoms with E-state index in [1.807, 2.05) is 0 Å². The fourth-order valence-electron chi connectivity index (χ4n) is 1.75. The molecule has 96 valence electrons. The molecule has 0 fully saturated rings. The fraction of sp³-hybridized carbons (Fsp3) is 0.286. The topological polar surface area (TPSA) is 36.4 Å². The summed E-state index contributed by atoms with van der Waals surface area (Å²) >= 11 is 5.04. The maximum absolute atomic E-state index is 5.04. The van der Waals surface area contributed by atoms with Crippen molar-refractivity contribution in [3.8, 4) is 0 Å². The molecular weight excluding hydrogens is 242 g/mol. The highest BCUT2D eigenvalue weighted by atomic mass is 32.1. The summed E-state index contributed by atoms with van der Waals surface area (Å²) in [5, 5.41) is 7.57. The minimum atomic E-state index is 0.494. The average Bonchev–Trinajstić information content (AvgIpc) is 2.29. The minimum Gasteiger partial charge on any atom is -0.358 e. The number of benzene rings is 1. The van der Waals surface area contributed by atoms with Crippen LogP contribution in [0.15, 0.2) is 29.9 Å². The van der Waals surface area contributed by atoms with E-state index in [0.717, 1.165) is 5.56 Å². The molecule has 0 saturated heterocycles. The van der Waals surface area contributed by atoms with E-state index < -0.39 is 0 Å². The molecule has 1 aromatic carbocycles. The van der Waals surface area contributed by atoms with Crippen LogP contribution in [-0.2, 0) is 0 Å². The van der Waals surface area contributed by atoms with Crippen molar-refractivity contribution < 1.29 is 0 Å². The van der Waals surface area contributed by atoms with Crippen molar-refractivity contribution in [1.29, 1.82) is 0 Å². The molecule has 0 unspecified atom stereocenters. The maximum Gasteiger partial charge on any atom is 0.187 e. The van der Waals surface area contributed by atoms with E-state index in [9.17, 15) is 0 Å². The molecule has 0 aliphatic rings. The highest BCUT2D eigenvalue weighted by molar-refractivity contribution is 7.80. The normalized spacial score (nSPS) is 10.4. The lowest BCUT2D eigenvalue weighted by Gasteiger charge is -2.07. The molecule has 0 spiro atoms. The third kappa shape index (κ3) is 4.30. The van der Waals surface area contributed by atoms with Crippen LogP contribution in [0.2, 0.25) is 0 Å². The van der Waals surface area contributed by atoms with Crippen LogP contribution < -0.4 is 10.7 Å². The molecule has 0 aliphatic heterocycles. The van der Waals surface area contributed by atoms with Gasteiger partial charge in [-0.05, 0) is 44.1 Å². The van der Waals surface area contributed by atoms with Gasteiger partial charge in [-0.2, -0.15) is 5.10 Å². The van der Waals surface area contributed by atoms with Crippen LogP contribution >= 0.6 is 12.2 Å². The second kappa shape index (κ2) is 6.91. The van der Waals surface area contributed by atoms with Crippen molar-refractivity contribution in [3.63, 3.8) is 0 Å². The number of thiocarbonyl (C=S) groups is 1. The summed E-state index contributed by atoms with van der Waals surface area (Å²) in [6, 6.07) is 4.28. The molecule has 18 heavy (non-hydrogen) atoms. The number of hydrogen-bond acceptors (Lipinski definition) is 2. The largest absolute Gasteiger partial charge is 0.358 e. The first-order chi connectivity index (χ1) is 8.54. The third-order valence-electron chi connectivity index (χ3n) is 2.50. The first-order valence-electron chi connectivity index (χ1n) is 5.80. The van der Waals surface area contributed by atoms with Gasteiger partial charge in [0, 0.05) is 12.1 Å². The lowest BCUT2D eigenvalue weighted by molar-refractivity contribution is 0.941. The predicted octanol–water partition coefficient (Wildman–Crippen LogP) is 2.60. The molecule has 1 aromatic rings. The standard InChI is InChI=1S/C14H19N3S/c1-5-6-15-14(18)17-16-9-13-11(3)7-10(2)8-12(13)4/h5,7-9H,1,6H2,2-4H3,(H2,15,17,18)/b16-9-. The SMILES string of the molecule is C=CCNC(=S)N/N=C\c1c(C)cc(C)cc1C. The van der Waals surface area contributed by atoms with E-state index in [4.69, 9.17) is 12.2 Å². The predicted molar refractivity (Wildman–Crippen MR) is 82.2 cm³/mol. The molecule has 1 rings (SSSR count). The van der Waals surface area contributed by atoms with Crippen molar-refractivity contribution >= 4 is 23.5 Å².